The molecule has 0 saturated heterocycles. The van der Waals surface area contributed by atoms with Crippen LogP contribution < -0.4 is 10.5 Å². The van der Waals surface area contributed by atoms with Crippen LogP contribution in [0.2, 0.25) is 0 Å². The van der Waals surface area contributed by atoms with Gasteiger partial charge in [-0.05, 0) is 38.5 Å². The maximum Gasteiger partial charge on any atom is 0.268 e. The van der Waals surface area contributed by atoms with E-state index in [2.05, 4.69) is 14.8 Å². The molecule has 0 fully saturated rings. The van der Waals surface area contributed by atoms with E-state index in [1.807, 2.05) is 13.0 Å². The second-order valence-corrected chi connectivity index (χ2v) is 6.32. The van der Waals surface area contributed by atoms with E-state index in [1.54, 1.807) is 27.0 Å². The summed E-state index contributed by atoms with van der Waals surface area (Å²) in [4.78, 5) is 4.14. The summed E-state index contributed by atoms with van der Waals surface area (Å²) in [6, 6.07) is 3.52. The predicted octanol–water partition coefficient (Wildman–Crippen LogP) is 1.12. The second kappa shape index (κ2) is 4.78. The number of aromatic nitrogens is 3. The fourth-order valence-corrected chi connectivity index (χ4v) is 3.35. The average Bonchev–Trinajstić information content (AvgIpc) is 2.50. The minimum Gasteiger partial charge on any atom is -0.381 e. The Kier molecular flexibility index (Phi) is 3.43. The molecule has 7 nitrogen and oxygen atoms in total. The van der Waals surface area contributed by atoms with Crippen LogP contribution in [0.3, 0.4) is 0 Å². The van der Waals surface area contributed by atoms with Crippen molar-refractivity contribution in [3.05, 3.63) is 29.1 Å². The third kappa shape index (κ3) is 2.60. The number of hydrogen-bond donors (Lipinski definition) is 2. The molecular formula is C12H17N5O2S. The van der Waals surface area contributed by atoms with Gasteiger partial charge >= 0.3 is 0 Å². The number of anilines is 2. The molecule has 3 N–H and O–H groups in total. The van der Waals surface area contributed by atoms with Crippen LogP contribution in [0.1, 0.15) is 17.0 Å². The molecule has 0 aliphatic carbocycles. The van der Waals surface area contributed by atoms with Gasteiger partial charge in [-0.15, -0.1) is 0 Å². The van der Waals surface area contributed by atoms with Crippen LogP contribution in [0.5, 0.6) is 0 Å². The molecule has 2 aromatic rings. The zero-order chi connectivity index (χ0) is 15.1. The first-order chi connectivity index (χ1) is 9.20. The molecule has 0 saturated carbocycles. The van der Waals surface area contributed by atoms with E-state index < -0.39 is 10.0 Å². The number of nitrogens with zero attached hydrogens (tertiary/aromatic N) is 3. The number of nitrogens with two attached hydrogens (primary N) is 1. The van der Waals surface area contributed by atoms with Crippen LogP contribution in [-0.4, -0.2) is 23.2 Å². The van der Waals surface area contributed by atoms with Crippen LogP contribution in [0.15, 0.2) is 17.0 Å². The summed E-state index contributed by atoms with van der Waals surface area (Å²) in [5.74, 6) is 0.243. The van der Waals surface area contributed by atoms with Crippen LogP contribution >= 0.6 is 0 Å². The average molecular weight is 295 g/mol. The molecule has 0 aliphatic rings. The van der Waals surface area contributed by atoms with Gasteiger partial charge in [0.1, 0.15) is 5.82 Å². The summed E-state index contributed by atoms with van der Waals surface area (Å²) in [7, 11) is -2.17. The monoisotopic (exact) mass is 295 g/mol. The molecule has 0 spiro atoms. The highest BCUT2D eigenvalue weighted by molar-refractivity contribution is 7.93. The molecule has 0 radical (unpaired) electrons. The Morgan fingerprint density at radius 3 is 2.40 bits per heavy atom. The molecule has 2 heterocycles. The lowest BCUT2D eigenvalue weighted by atomic mass is 10.2. The minimum absolute atomic E-state index is 0.0130. The first kappa shape index (κ1) is 14.3. The summed E-state index contributed by atoms with van der Waals surface area (Å²) in [6.07, 6.45) is 0. The molecule has 2 rings (SSSR count). The molecule has 2 aromatic heterocycles. The van der Waals surface area contributed by atoms with E-state index in [0.29, 0.717) is 5.69 Å². The Labute approximate surface area is 117 Å². The zero-order valence-corrected chi connectivity index (χ0v) is 12.6. The predicted molar refractivity (Wildman–Crippen MR) is 76.9 cm³/mol. The van der Waals surface area contributed by atoms with Gasteiger partial charge in [-0.2, -0.15) is 5.10 Å². The highest BCUT2D eigenvalue weighted by Crippen LogP contribution is 2.23. The molecular weight excluding hydrogens is 278 g/mol. The second-order valence-electron chi connectivity index (χ2n) is 4.70. The first-order valence-corrected chi connectivity index (χ1v) is 7.46. The van der Waals surface area contributed by atoms with Crippen molar-refractivity contribution < 1.29 is 8.42 Å². The van der Waals surface area contributed by atoms with Crippen molar-refractivity contribution >= 4 is 21.7 Å². The van der Waals surface area contributed by atoms with E-state index in [1.165, 1.54) is 4.68 Å². The van der Waals surface area contributed by atoms with Gasteiger partial charge in [0.15, 0.2) is 10.7 Å². The number of sulfonamides is 1. The topological polar surface area (TPSA) is 103 Å². The normalized spacial score (nSPS) is 11.6. The van der Waals surface area contributed by atoms with Gasteiger partial charge < -0.3 is 5.73 Å². The maximum atomic E-state index is 12.4. The van der Waals surface area contributed by atoms with E-state index in [-0.39, 0.29) is 16.5 Å². The number of rotatable bonds is 3. The van der Waals surface area contributed by atoms with Crippen molar-refractivity contribution in [3.8, 4) is 0 Å². The van der Waals surface area contributed by atoms with Gasteiger partial charge in [-0.1, -0.05) is 0 Å². The van der Waals surface area contributed by atoms with Crippen molar-refractivity contribution in [1.82, 2.24) is 14.8 Å². The Morgan fingerprint density at radius 1 is 1.25 bits per heavy atom. The highest BCUT2D eigenvalue weighted by Gasteiger charge is 2.25. The van der Waals surface area contributed by atoms with Crippen LogP contribution in [-0.2, 0) is 17.1 Å². The minimum atomic E-state index is -3.81. The molecule has 108 valence electrons. The van der Waals surface area contributed by atoms with Gasteiger partial charge in [0, 0.05) is 12.7 Å². The SMILES string of the molecule is Cc1cc(C)nc(NS(=O)(=O)c2c(N)nn(C)c2C)c1. The highest BCUT2D eigenvalue weighted by atomic mass is 32.2. The molecule has 0 bridgehead atoms. The number of nitrogen functional groups attached to an aromatic ring is 1. The largest absolute Gasteiger partial charge is 0.381 e. The summed E-state index contributed by atoms with van der Waals surface area (Å²) < 4.78 is 28.7. The van der Waals surface area contributed by atoms with Gasteiger partial charge in [-0.3, -0.25) is 9.40 Å². The van der Waals surface area contributed by atoms with Crippen molar-refractivity contribution in [2.75, 3.05) is 10.5 Å². The molecule has 0 aliphatic heterocycles. The fraction of sp³-hybridized carbons (Fsp3) is 0.333. The summed E-state index contributed by atoms with van der Waals surface area (Å²) >= 11 is 0. The van der Waals surface area contributed by atoms with Crippen molar-refractivity contribution in [2.45, 2.75) is 25.7 Å². The van der Waals surface area contributed by atoms with Gasteiger partial charge in [0.25, 0.3) is 10.0 Å². The molecule has 0 unspecified atom stereocenters. The first-order valence-electron chi connectivity index (χ1n) is 5.98. The van der Waals surface area contributed by atoms with Gasteiger partial charge in [0.05, 0.1) is 5.69 Å². The molecule has 20 heavy (non-hydrogen) atoms. The van der Waals surface area contributed by atoms with E-state index in [4.69, 9.17) is 5.73 Å². The van der Waals surface area contributed by atoms with Gasteiger partial charge in [0.2, 0.25) is 0 Å². The Hall–Kier alpha value is -2.09. The lowest BCUT2D eigenvalue weighted by Crippen LogP contribution is -2.16. The molecule has 0 aromatic carbocycles. The quantitative estimate of drug-likeness (QED) is 0.883. The lowest BCUT2D eigenvalue weighted by molar-refractivity contribution is 0.600. The zero-order valence-electron chi connectivity index (χ0n) is 11.8. The van der Waals surface area contributed by atoms with Crippen LogP contribution in [0.25, 0.3) is 0 Å². The van der Waals surface area contributed by atoms with Crippen molar-refractivity contribution in [3.63, 3.8) is 0 Å². The third-order valence-electron chi connectivity index (χ3n) is 2.91. The Bertz CT molecular complexity index is 744. The van der Waals surface area contributed by atoms with E-state index in [9.17, 15) is 8.42 Å². The molecule has 8 heteroatoms. The summed E-state index contributed by atoms with van der Waals surface area (Å²) in [5.41, 5.74) is 7.80. The van der Waals surface area contributed by atoms with Crippen molar-refractivity contribution in [2.24, 2.45) is 7.05 Å². The number of aryl methyl sites for hydroxylation is 3. The number of hydrogen-bond acceptors (Lipinski definition) is 5. The summed E-state index contributed by atoms with van der Waals surface area (Å²) in [5, 5.41) is 3.91. The van der Waals surface area contributed by atoms with Crippen LogP contribution in [0, 0.1) is 20.8 Å². The number of pyridine rings is 1. The summed E-state index contributed by atoms with van der Waals surface area (Å²) in [6.45, 7) is 5.32. The Morgan fingerprint density at radius 2 is 1.90 bits per heavy atom. The lowest BCUT2D eigenvalue weighted by Gasteiger charge is -2.09. The van der Waals surface area contributed by atoms with E-state index in [0.717, 1.165) is 11.3 Å². The van der Waals surface area contributed by atoms with Gasteiger partial charge in [-0.25, -0.2) is 13.4 Å². The standard InChI is InChI=1S/C12H17N5O2S/c1-7-5-8(2)14-10(6-7)16-20(18,19)11-9(3)17(4)15-12(11)13/h5-6H,1-4H3,(H2,13,15)(H,14,16). The molecule has 0 atom stereocenters. The van der Waals surface area contributed by atoms with Crippen molar-refractivity contribution in [1.29, 1.82) is 0 Å². The van der Waals surface area contributed by atoms with E-state index >= 15 is 0 Å². The third-order valence-corrected chi connectivity index (χ3v) is 4.43. The smallest absolute Gasteiger partial charge is 0.268 e. The fourth-order valence-electron chi connectivity index (χ4n) is 2.03. The van der Waals surface area contributed by atoms with Crippen LogP contribution in [0.4, 0.5) is 11.6 Å². The Balaban J connectivity index is 2.46. The maximum absolute atomic E-state index is 12.4. The molecule has 0 amide bonds. The number of nitrogens with one attached hydrogen (secondary N) is 1.